The van der Waals surface area contributed by atoms with Gasteiger partial charge < -0.3 is 10.4 Å². The predicted octanol–water partition coefficient (Wildman–Crippen LogP) is 2.93. The molecule has 0 aliphatic carbocycles. The van der Waals surface area contributed by atoms with E-state index in [0.717, 1.165) is 17.6 Å². The Kier molecular flexibility index (Phi) is 3.32. The first-order valence-corrected chi connectivity index (χ1v) is 6.17. The lowest BCUT2D eigenvalue weighted by atomic mass is 9.89. The summed E-state index contributed by atoms with van der Waals surface area (Å²) in [5.74, 6) is 0.902. The van der Waals surface area contributed by atoms with Crippen LogP contribution in [0.1, 0.15) is 29.9 Å². The molecule has 15 heavy (non-hydrogen) atoms. The van der Waals surface area contributed by atoms with Crippen LogP contribution in [-0.4, -0.2) is 18.2 Å². The summed E-state index contributed by atoms with van der Waals surface area (Å²) >= 11 is 3.34. The molecule has 1 unspecified atom stereocenters. The highest BCUT2D eigenvalue weighted by Crippen LogP contribution is 2.33. The number of phenols is 1. The normalized spacial score (nSPS) is 21.6. The van der Waals surface area contributed by atoms with Crippen LogP contribution in [0.2, 0.25) is 0 Å². The fraction of sp³-hybridized carbons (Fsp3) is 0.500. The Hall–Kier alpha value is -0.540. The maximum absolute atomic E-state index is 9.69. The lowest BCUT2D eigenvalue weighted by Crippen LogP contribution is -2.28. The Bertz CT molecular complexity index is 359. The number of phenolic OH excluding ortho intramolecular Hbond substituents is 1. The molecule has 3 heteroatoms. The van der Waals surface area contributed by atoms with E-state index in [1.165, 1.54) is 24.0 Å². The SMILES string of the molecule is Cc1cc(Br)c(O)cc1C1CCCNC1. The Morgan fingerprint density at radius 2 is 2.27 bits per heavy atom. The number of hydrogen-bond acceptors (Lipinski definition) is 2. The molecule has 1 heterocycles. The molecule has 2 rings (SSSR count). The van der Waals surface area contributed by atoms with Gasteiger partial charge in [0.1, 0.15) is 5.75 Å². The van der Waals surface area contributed by atoms with Crippen LogP contribution in [0.4, 0.5) is 0 Å². The highest BCUT2D eigenvalue weighted by atomic mass is 79.9. The van der Waals surface area contributed by atoms with Crippen LogP contribution in [0.25, 0.3) is 0 Å². The van der Waals surface area contributed by atoms with Gasteiger partial charge in [0, 0.05) is 6.54 Å². The van der Waals surface area contributed by atoms with Gasteiger partial charge in [-0.15, -0.1) is 0 Å². The van der Waals surface area contributed by atoms with Crippen LogP contribution in [0.15, 0.2) is 16.6 Å². The van der Waals surface area contributed by atoms with Crippen molar-refractivity contribution in [3.05, 3.63) is 27.7 Å². The molecule has 1 fully saturated rings. The van der Waals surface area contributed by atoms with Crippen molar-refractivity contribution in [2.75, 3.05) is 13.1 Å². The molecular formula is C12H16BrNO. The topological polar surface area (TPSA) is 32.3 Å². The minimum absolute atomic E-state index is 0.348. The molecule has 0 saturated carbocycles. The van der Waals surface area contributed by atoms with Crippen LogP contribution in [-0.2, 0) is 0 Å². The summed E-state index contributed by atoms with van der Waals surface area (Å²) in [6.07, 6.45) is 2.44. The van der Waals surface area contributed by atoms with Gasteiger partial charge in [0.2, 0.25) is 0 Å². The van der Waals surface area contributed by atoms with E-state index in [-0.39, 0.29) is 0 Å². The fourth-order valence-electron chi connectivity index (χ4n) is 2.23. The van der Waals surface area contributed by atoms with E-state index >= 15 is 0 Å². The number of hydrogen-bond donors (Lipinski definition) is 2. The number of benzene rings is 1. The van der Waals surface area contributed by atoms with Crippen LogP contribution >= 0.6 is 15.9 Å². The second-order valence-electron chi connectivity index (χ2n) is 4.20. The van der Waals surface area contributed by atoms with E-state index in [0.29, 0.717) is 11.7 Å². The molecule has 82 valence electrons. The number of nitrogens with one attached hydrogen (secondary N) is 1. The van der Waals surface area contributed by atoms with Gasteiger partial charge in [-0.1, -0.05) is 0 Å². The Morgan fingerprint density at radius 3 is 2.93 bits per heavy atom. The maximum Gasteiger partial charge on any atom is 0.130 e. The zero-order chi connectivity index (χ0) is 10.8. The monoisotopic (exact) mass is 269 g/mol. The zero-order valence-corrected chi connectivity index (χ0v) is 10.5. The van der Waals surface area contributed by atoms with Crippen LogP contribution < -0.4 is 5.32 Å². The molecule has 0 radical (unpaired) electrons. The minimum atomic E-state index is 0.348. The van der Waals surface area contributed by atoms with Gasteiger partial charge in [-0.25, -0.2) is 0 Å². The fourth-order valence-corrected chi connectivity index (χ4v) is 2.69. The highest BCUT2D eigenvalue weighted by Gasteiger charge is 2.18. The molecule has 2 N–H and O–H groups in total. The molecule has 0 bridgehead atoms. The van der Waals surface area contributed by atoms with Crippen molar-refractivity contribution < 1.29 is 5.11 Å². The van der Waals surface area contributed by atoms with Gasteiger partial charge in [-0.05, 0) is 71.4 Å². The van der Waals surface area contributed by atoms with Gasteiger partial charge in [0.15, 0.2) is 0 Å². The van der Waals surface area contributed by atoms with Crippen molar-refractivity contribution in [3.8, 4) is 5.75 Å². The second kappa shape index (κ2) is 4.54. The van der Waals surface area contributed by atoms with Crippen molar-refractivity contribution in [3.63, 3.8) is 0 Å². The summed E-state index contributed by atoms with van der Waals surface area (Å²) < 4.78 is 0.785. The molecular weight excluding hydrogens is 254 g/mol. The smallest absolute Gasteiger partial charge is 0.130 e. The van der Waals surface area contributed by atoms with Gasteiger partial charge in [-0.3, -0.25) is 0 Å². The van der Waals surface area contributed by atoms with E-state index in [1.54, 1.807) is 0 Å². The highest BCUT2D eigenvalue weighted by molar-refractivity contribution is 9.10. The molecule has 2 nitrogen and oxygen atoms in total. The molecule has 0 spiro atoms. The number of rotatable bonds is 1. The third-order valence-corrected chi connectivity index (χ3v) is 3.71. The summed E-state index contributed by atoms with van der Waals surface area (Å²) in [7, 11) is 0. The molecule has 0 aromatic heterocycles. The van der Waals surface area contributed by atoms with E-state index in [2.05, 4.69) is 28.2 Å². The Morgan fingerprint density at radius 1 is 1.47 bits per heavy atom. The lowest BCUT2D eigenvalue weighted by molar-refractivity contribution is 0.450. The zero-order valence-electron chi connectivity index (χ0n) is 8.89. The molecule has 1 saturated heterocycles. The molecule has 0 amide bonds. The van der Waals surface area contributed by atoms with Crippen LogP contribution in [0, 0.1) is 6.92 Å². The van der Waals surface area contributed by atoms with E-state index in [9.17, 15) is 5.11 Å². The van der Waals surface area contributed by atoms with E-state index in [1.807, 2.05) is 12.1 Å². The molecule has 1 aliphatic rings. The summed E-state index contributed by atoms with van der Waals surface area (Å²) in [5, 5.41) is 13.1. The second-order valence-corrected chi connectivity index (χ2v) is 5.06. The summed E-state index contributed by atoms with van der Waals surface area (Å²) in [4.78, 5) is 0. The maximum atomic E-state index is 9.69. The van der Waals surface area contributed by atoms with Crippen molar-refractivity contribution in [1.29, 1.82) is 0 Å². The molecule has 1 aromatic rings. The first-order valence-electron chi connectivity index (χ1n) is 5.38. The third kappa shape index (κ3) is 2.34. The first-order chi connectivity index (χ1) is 7.18. The van der Waals surface area contributed by atoms with Gasteiger partial charge in [0.25, 0.3) is 0 Å². The quantitative estimate of drug-likeness (QED) is 0.822. The average molecular weight is 270 g/mol. The van der Waals surface area contributed by atoms with Crippen LogP contribution in [0.3, 0.4) is 0 Å². The van der Waals surface area contributed by atoms with Gasteiger partial charge in [-0.2, -0.15) is 0 Å². The van der Waals surface area contributed by atoms with Crippen LogP contribution in [0.5, 0.6) is 5.75 Å². The standard InChI is InChI=1S/C12H16BrNO/c1-8-5-11(13)12(15)6-10(8)9-3-2-4-14-7-9/h5-6,9,14-15H,2-4,7H2,1H3. The van der Waals surface area contributed by atoms with Crippen molar-refractivity contribution in [2.24, 2.45) is 0 Å². The average Bonchev–Trinajstić information content (AvgIpc) is 2.25. The first kappa shape index (κ1) is 11.0. The van der Waals surface area contributed by atoms with Gasteiger partial charge >= 0.3 is 0 Å². The van der Waals surface area contributed by atoms with Gasteiger partial charge in [0.05, 0.1) is 4.47 Å². The van der Waals surface area contributed by atoms with Crippen molar-refractivity contribution in [2.45, 2.75) is 25.7 Å². The third-order valence-electron chi connectivity index (χ3n) is 3.07. The Labute approximate surface area is 98.8 Å². The molecule has 1 aromatic carbocycles. The van der Waals surface area contributed by atoms with Crippen molar-refractivity contribution >= 4 is 15.9 Å². The number of piperidine rings is 1. The molecule has 1 atom stereocenters. The Balaban J connectivity index is 2.30. The van der Waals surface area contributed by atoms with E-state index in [4.69, 9.17) is 0 Å². The number of aryl methyl sites for hydroxylation is 1. The minimum Gasteiger partial charge on any atom is -0.507 e. The molecule has 1 aliphatic heterocycles. The van der Waals surface area contributed by atoms with E-state index < -0.39 is 0 Å². The summed E-state index contributed by atoms with van der Waals surface area (Å²) in [6, 6.07) is 3.90. The summed E-state index contributed by atoms with van der Waals surface area (Å²) in [5.41, 5.74) is 2.54. The summed E-state index contributed by atoms with van der Waals surface area (Å²) in [6.45, 7) is 4.26. The lowest BCUT2D eigenvalue weighted by Gasteiger charge is -2.24. The van der Waals surface area contributed by atoms with Crippen molar-refractivity contribution in [1.82, 2.24) is 5.32 Å². The largest absolute Gasteiger partial charge is 0.507 e. The number of aromatic hydroxyl groups is 1. The number of halogens is 1. The predicted molar refractivity (Wildman–Crippen MR) is 65.4 cm³/mol.